The molecule has 0 amide bonds. The Morgan fingerprint density at radius 3 is 0.875 bits per heavy atom. The molecule has 0 saturated heterocycles. The molecule has 0 unspecified atom stereocenters. The molecule has 4 aromatic heterocycles. The van der Waals surface area contributed by atoms with E-state index in [9.17, 15) is 10.5 Å². The Balaban J connectivity index is 0.916. The summed E-state index contributed by atoms with van der Waals surface area (Å²) in [6.45, 7) is 0. The Bertz CT molecular complexity index is 5500. The minimum absolute atomic E-state index is 0.530. The number of benzene rings is 13. The lowest BCUT2D eigenvalue weighted by Gasteiger charge is -2.19. The highest BCUT2D eigenvalue weighted by atomic mass is 15.0. The lowest BCUT2D eigenvalue weighted by Crippen LogP contribution is -2.02. The van der Waals surface area contributed by atoms with Crippen LogP contribution in [0.5, 0.6) is 0 Å². The van der Waals surface area contributed by atoms with Crippen molar-refractivity contribution < 1.29 is 0 Å². The van der Waals surface area contributed by atoms with Crippen molar-refractivity contribution >= 4 is 43.6 Å². The molecule has 0 saturated carbocycles. The van der Waals surface area contributed by atoms with Gasteiger partial charge in [0.05, 0.1) is 56.7 Å². The highest BCUT2D eigenvalue weighted by Crippen LogP contribution is 2.44. The van der Waals surface area contributed by atoms with Crippen LogP contribution in [0.2, 0.25) is 0 Å². The SMILES string of the molecule is N#Cc1cccc(-c2ccc3c(c2)c2ccccc2n3-c2ccc(-c3nc(-c4ccccc4)nc(-c4ccccc4)n3)cc2-c2cccc(-c3cc(-c4nc(-c5ccccc5)nc(-c5ccccc5)n4)ccc3-n3c4ccccc4c4cc(-c5cccc(C#N)c5)ccc43)c2)c1. The standard InChI is InChI=1S/C86H52N10/c87-53-55-20-17-30-61(46-55)63-38-42-79-73(49-63)69-34-13-15-36-75(69)95(79)77-44-40-67(85-91-81(57-22-5-1-6-23-57)89-82(92-85)58-24-7-2-8-25-58)51-71(77)65-32-19-33-66(48-65)72-52-68(86-93-83(59-26-9-3-10-27-59)90-84(94-86)60-28-11-4-12-29-60)41-45-78(72)96-76-37-16-14-35-70(76)74-50-64(39-43-80(74)96)62-31-18-21-56(47-62)54-88/h1-52H. The Kier molecular flexibility index (Phi) is 14.1. The zero-order chi connectivity index (χ0) is 64.1. The van der Waals surface area contributed by atoms with Gasteiger partial charge in [-0.25, -0.2) is 29.9 Å². The van der Waals surface area contributed by atoms with Crippen LogP contribution in [0.25, 0.3) is 168 Å². The van der Waals surface area contributed by atoms with Crippen LogP contribution in [0.3, 0.4) is 0 Å². The average molecular weight is 1230 g/mol. The van der Waals surface area contributed by atoms with Crippen molar-refractivity contribution in [3.05, 3.63) is 327 Å². The smallest absolute Gasteiger partial charge is 0.164 e. The van der Waals surface area contributed by atoms with Crippen molar-refractivity contribution in [2.24, 2.45) is 0 Å². The molecular weight excluding hydrogens is 1170 g/mol. The quantitative estimate of drug-likeness (QED) is 0.118. The summed E-state index contributed by atoms with van der Waals surface area (Å²) in [5, 5.41) is 24.2. The third-order valence-electron chi connectivity index (χ3n) is 17.9. The van der Waals surface area contributed by atoms with E-state index in [-0.39, 0.29) is 0 Å². The second kappa shape index (κ2) is 23.9. The zero-order valence-corrected chi connectivity index (χ0v) is 51.5. The lowest BCUT2D eigenvalue weighted by molar-refractivity contribution is 1.07. The molecule has 0 aliphatic heterocycles. The summed E-state index contributed by atoms with van der Waals surface area (Å²) < 4.78 is 4.74. The van der Waals surface area contributed by atoms with Gasteiger partial charge < -0.3 is 9.13 Å². The molecule has 17 rings (SSSR count). The summed E-state index contributed by atoms with van der Waals surface area (Å²) in [6, 6.07) is 113. The molecule has 96 heavy (non-hydrogen) atoms. The highest BCUT2D eigenvalue weighted by Gasteiger charge is 2.24. The molecule has 0 aliphatic carbocycles. The second-order valence-electron chi connectivity index (χ2n) is 23.7. The summed E-state index contributed by atoms with van der Waals surface area (Å²) in [7, 11) is 0. The van der Waals surface area contributed by atoms with Crippen LogP contribution in [-0.4, -0.2) is 39.0 Å². The van der Waals surface area contributed by atoms with E-state index < -0.39 is 0 Å². The first-order valence-electron chi connectivity index (χ1n) is 31.7. The molecule has 0 aliphatic rings. The average Bonchev–Trinajstić information content (AvgIpc) is 1.55. The van der Waals surface area contributed by atoms with Gasteiger partial charge in [0.25, 0.3) is 0 Å². The Hall–Kier alpha value is -13.5. The number of aromatic nitrogens is 8. The molecular formula is C86H52N10. The third-order valence-corrected chi connectivity index (χ3v) is 17.9. The fraction of sp³-hybridized carbons (Fsp3) is 0. The molecule has 0 bridgehead atoms. The van der Waals surface area contributed by atoms with Crippen LogP contribution < -0.4 is 0 Å². The minimum atomic E-state index is 0.530. The molecule has 0 N–H and O–H groups in total. The molecule has 0 spiro atoms. The number of hydrogen-bond donors (Lipinski definition) is 0. The molecule has 13 aromatic carbocycles. The van der Waals surface area contributed by atoms with E-state index in [1.54, 1.807) is 0 Å². The van der Waals surface area contributed by atoms with Crippen LogP contribution in [0.4, 0.5) is 0 Å². The van der Waals surface area contributed by atoms with Crippen LogP contribution in [0.1, 0.15) is 11.1 Å². The first kappa shape index (κ1) is 56.4. The van der Waals surface area contributed by atoms with Gasteiger partial charge >= 0.3 is 0 Å². The second-order valence-corrected chi connectivity index (χ2v) is 23.7. The maximum absolute atomic E-state index is 9.93. The molecule has 10 nitrogen and oxygen atoms in total. The Morgan fingerprint density at radius 2 is 0.500 bits per heavy atom. The summed E-state index contributed by atoms with van der Waals surface area (Å²) in [5.74, 6) is 3.33. The largest absolute Gasteiger partial charge is 0.309 e. The number of nitrogens with zero attached hydrogens (tertiary/aromatic N) is 10. The lowest BCUT2D eigenvalue weighted by atomic mass is 9.94. The third kappa shape index (κ3) is 10.3. The van der Waals surface area contributed by atoms with Gasteiger partial charge in [0.1, 0.15) is 0 Å². The maximum atomic E-state index is 9.93. The summed E-state index contributed by atoms with van der Waals surface area (Å²) >= 11 is 0. The molecule has 4 heterocycles. The van der Waals surface area contributed by atoms with Crippen LogP contribution in [-0.2, 0) is 0 Å². The van der Waals surface area contributed by atoms with E-state index in [4.69, 9.17) is 29.9 Å². The predicted octanol–water partition coefficient (Wildman–Crippen LogP) is 20.7. The van der Waals surface area contributed by atoms with Gasteiger partial charge in [-0.15, -0.1) is 0 Å². The van der Waals surface area contributed by atoms with Crippen molar-refractivity contribution in [2.75, 3.05) is 0 Å². The van der Waals surface area contributed by atoms with Crippen LogP contribution >= 0.6 is 0 Å². The van der Waals surface area contributed by atoms with Crippen molar-refractivity contribution in [3.63, 3.8) is 0 Å². The topological polar surface area (TPSA) is 135 Å². The van der Waals surface area contributed by atoms with Gasteiger partial charge in [0, 0.05) is 66.1 Å². The van der Waals surface area contributed by atoms with Gasteiger partial charge in [-0.1, -0.05) is 212 Å². The van der Waals surface area contributed by atoms with Crippen molar-refractivity contribution in [1.82, 2.24) is 39.0 Å². The highest BCUT2D eigenvalue weighted by molar-refractivity contribution is 6.12. The first-order valence-corrected chi connectivity index (χ1v) is 31.7. The predicted molar refractivity (Wildman–Crippen MR) is 386 cm³/mol. The van der Waals surface area contributed by atoms with E-state index >= 15 is 0 Å². The number of fused-ring (bicyclic) bond motifs is 6. The van der Waals surface area contributed by atoms with Crippen molar-refractivity contribution in [1.29, 1.82) is 10.5 Å². The molecule has 0 radical (unpaired) electrons. The summed E-state index contributed by atoms with van der Waals surface area (Å²) in [4.78, 5) is 31.3. The van der Waals surface area contributed by atoms with Crippen molar-refractivity contribution in [2.45, 2.75) is 0 Å². The van der Waals surface area contributed by atoms with E-state index in [0.29, 0.717) is 46.1 Å². The van der Waals surface area contributed by atoms with Crippen molar-refractivity contribution in [3.8, 4) is 136 Å². The molecule has 0 fully saturated rings. The van der Waals surface area contributed by atoms with E-state index in [2.05, 4.69) is 179 Å². The number of hydrogen-bond acceptors (Lipinski definition) is 8. The molecule has 10 heteroatoms. The van der Waals surface area contributed by atoms with Gasteiger partial charge in [0.15, 0.2) is 34.9 Å². The van der Waals surface area contributed by atoms with E-state index in [1.807, 2.05) is 158 Å². The Labute approximate surface area is 553 Å². The molecule has 446 valence electrons. The van der Waals surface area contributed by atoms with Gasteiger partial charge in [-0.2, -0.15) is 10.5 Å². The number of para-hydroxylation sites is 2. The van der Waals surface area contributed by atoms with Crippen LogP contribution in [0, 0.1) is 22.7 Å². The fourth-order valence-electron chi connectivity index (χ4n) is 13.3. The molecule has 0 atom stereocenters. The van der Waals surface area contributed by atoms with Crippen LogP contribution in [0.15, 0.2) is 315 Å². The zero-order valence-electron chi connectivity index (χ0n) is 51.5. The monoisotopic (exact) mass is 1220 g/mol. The van der Waals surface area contributed by atoms with E-state index in [1.165, 1.54) is 0 Å². The summed E-state index contributed by atoms with van der Waals surface area (Å²) in [6.07, 6.45) is 0. The first-order chi connectivity index (χ1) is 47.5. The van der Waals surface area contributed by atoms with E-state index in [0.717, 1.165) is 133 Å². The van der Waals surface area contributed by atoms with Gasteiger partial charge in [-0.05, 0) is 137 Å². The summed E-state index contributed by atoms with van der Waals surface area (Å²) in [5.41, 5.74) is 20.1. The number of nitriles is 2. The van der Waals surface area contributed by atoms with Gasteiger partial charge in [0.2, 0.25) is 0 Å². The maximum Gasteiger partial charge on any atom is 0.164 e. The molecule has 17 aromatic rings. The fourth-order valence-corrected chi connectivity index (χ4v) is 13.3. The normalized spacial score (nSPS) is 11.3. The van der Waals surface area contributed by atoms with Gasteiger partial charge in [-0.3, -0.25) is 0 Å². The number of rotatable bonds is 12. The minimum Gasteiger partial charge on any atom is -0.309 e. The Morgan fingerprint density at radius 1 is 0.208 bits per heavy atom.